The van der Waals surface area contributed by atoms with E-state index < -0.39 is 0 Å². The Bertz CT molecular complexity index is 750. The SMILES string of the molecule is BN1C[C@H](Oc2nccc3cc(OC)c(C=C)cc23)C[C@H]1C=O. The van der Waals surface area contributed by atoms with E-state index in [-0.39, 0.29) is 12.1 Å². The summed E-state index contributed by atoms with van der Waals surface area (Å²) in [6, 6.07) is 5.76. The molecule has 23 heavy (non-hydrogen) atoms. The quantitative estimate of drug-likeness (QED) is 0.618. The van der Waals surface area contributed by atoms with Crippen LogP contribution >= 0.6 is 0 Å². The van der Waals surface area contributed by atoms with Gasteiger partial charge in [-0.05, 0) is 23.6 Å². The van der Waals surface area contributed by atoms with Gasteiger partial charge in [0.2, 0.25) is 5.88 Å². The predicted octanol–water partition coefficient (Wildman–Crippen LogP) is 1.46. The van der Waals surface area contributed by atoms with E-state index in [1.807, 2.05) is 31.0 Å². The number of nitrogens with zero attached hydrogens (tertiary/aromatic N) is 2. The average molecular weight is 310 g/mol. The number of aldehydes is 1. The predicted molar refractivity (Wildman–Crippen MR) is 92.5 cm³/mol. The Kier molecular flexibility index (Phi) is 4.34. The van der Waals surface area contributed by atoms with Crippen LogP contribution in [0.25, 0.3) is 16.8 Å². The first-order valence-electron chi connectivity index (χ1n) is 7.57. The summed E-state index contributed by atoms with van der Waals surface area (Å²) in [7, 11) is 3.57. The fourth-order valence-corrected chi connectivity index (χ4v) is 3.00. The van der Waals surface area contributed by atoms with Gasteiger partial charge in [0.25, 0.3) is 0 Å². The van der Waals surface area contributed by atoms with Gasteiger partial charge in [-0.3, -0.25) is 0 Å². The molecule has 0 unspecified atom stereocenters. The molecule has 1 aromatic heterocycles. The van der Waals surface area contributed by atoms with Crippen LogP contribution in [0.15, 0.2) is 31.0 Å². The second kappa shape index (κ2) is 6.42. The molecule has 6 heteroatoms. The van der Waals surface area contributed by atoms with Gasteiger partial charge in [-0.2, -0.15) is 0 Å². The lowest BCUT2D eigenvalue weighted by atomic mass is 10.1. The summed E-state index contributed by atoms with van der Waals surface area (Å²) in [5.41, 5.74) is 0.896. The van der Waals surface area contributed by atoms with Crippen molar-refractivity contribution in [3.05, 3.63) is 36.5 Å². The molecule has 2 aromatic rings. The number of fused-ring (bicyclic) bond motifs is 1. The van der Waals surface area contributed by atoms with Crippen LogP contribution in [-0.4, -0.2) is 49.9 Å². The molecule has 0 amide bonds. The highest BCUT2D eigenvalue weighted by atomic mass is 16.5. The van der Waals surface area contributed by atoms with E-state index in [1.165, 1.54) is 0 Å². The Morgan fingerprint density at radius 2 is 2.30 bits per heavy atom. The highest BCUT2D eigenvalue weighted by Gasteiger charge is 2.30. The lowest BCUT2D eigenvalue weighted by Gasteiger charge is -2.15. The van der Waals surface area contributed by atoms with E-state index in [1.54, 1.807) is 19.4 Å². The molecular weight excluding hydrogens is 291 g/mol. The van der Waals surface area contributed by atoms with Crippen molar-refractivity contribution in [2.45, 2.75) is 18.6 Å². The van der Waals surface area contributed by atoms with Crippen LogP contribution in [0.2, 0.25) is 0 Å². The van der Waals surface area contributed by atoms with Gasteiger partial charge in [-0.1, -0.05) is 12.7 Å². The maximum atomic E-state index is 11.0. The van der Waals surface area contributed by atoms with E-state index in [0.717, 1.165) is 28.4 Å². The minimum absolute atomic E-state index is 0.0393. The van der Waals surface area contributed by atoms with Crippen LogP contribution in [0.1, 0.15) is 12.0 Å². The molecule has 0 radical (unpaired) electrons. The lowest BCUT2D eigenvalue weighted by Crippen LogP contribution is -2.28. The van der Waals surface area contributed by atoms with E-state index >= 15 is 0 Å². The van der Waals surface area contributed by atoms with Gasteiger partial charge >= 0.3 is 0 Å². The fraction of sp³-hybridized carbons (Fsp3) is 0.294. The topological polar surface area (TPSA) is 51.7 Å². The van der Waals surface area contributed by atoms with Crippen LogP contribution in [0.4, 0.5) is 0 Å². The van der Waals surface area contributed by atoms with Crippen LogP contribution < -0.4 is 9.47 Å². The summed E-state index contributed by atoms with van der Waals surface area (Å²) < 4.78 is 11.5. The molecule has 2 heterocycles. The molecule has 1 saturated heterocycles. The molecule has 1 fully saturated rings. The Morgan fingerprint density at radius 1 is 1.48 bits per heavy atom. The second-order valence-electron chi connectivity index (χ2n) is 5.75. The summed E-state index contributed by atoms with van der Waals surface area (Å²) in [5, 5.41) is 1.91. The van der Waals surface area contributed by atoms with Crippen molar-refractivity contribution in [2.75, 3.05) is 13.7 Å². The van der Waals surface area contributed by atoms with Crippen LogP contribution in [0.3, 0.4) is 0 Å². The molecule has 0 bridgehead atoms. The van der Waals surface area contributed by atoms with Gasteiger partial charge in [0.15, 0.2) is 7.98 Å². The zero-order valence-electron chi connectivity index (χ0n) is 13.4. The largest absolute Gasteiger partial charge is 0.496 e. The van der Waals surface area contributed by atoms with Gasteiger partial charge in [0.05, 0.1) is 13.2 Å². The van der Waals surface area contributed by atoms with Gasteiger partial charge in [0, 0.05) is 30.1 Å². The Balaban J connectivity index is 1.95. The first-order valence-corrected chi connectivity index (χ1v) is 7.57. The molecule has 118 valence electrons. The molecule has 2 atom stereocenters. The molecule has 5 nitrogen and oxygen atoms in total. The maximum Gasteiger partial charge on any atom is 0.221 e. The standard InChI is InChI=1S/C17H19BN2O3/c1-3-11-6-15-12(7-16(11)22-2)4-5-19-17(15)23-14-8-13(10-21)20(18)9-14/h3-7,10,13-14H,1,8-9,18H2,2H3/t13-,14+/m0/s1. The number of ether oxygens (including phenoxy) is 2. The number of rotatable bonds is 5. The smallest absolute Gasteiger partial charge is 0.221 e. The highest BCUT2D eigenvalue weighted by molar-refractivity contribution is 6.06. The van der Waals surface area contributed by atoms with Crippen LogP contribution in [-0.2, 0) is 4.79 Å². The number of hydrogen-bond donors (Lipinski definition) is 0. The number of benzene rings is 1. The molecule has 1 aliphatic rings. The number of carbonyl (C=O) groups excluding carboxylic acids is 1. The lowest BCUT2D eigenvalue weighted by molar-refractivity contribution is -0.110. The van der Waals surface area contributed by atoms with Crippen molar-refractivity contribution in [1.82, 2.24) is 9.79 Å². The number of aromatic nitrogens is 1. The zero-order chi connectivity index (χ0) is 16.4. The van der Waals surface area contributed by atoms with E-state index in [0.29, 0.717) is 18.8 Å². The fourth-order valence-electron chi connectivity index (χ4n) is 3.00. The second-order valence-corrected chi connectivity index (χ2v) is 5.75. The summed E-state index contributed by atoms with van der Waals surface area (Å²) in [4.78, 5) is 17.4. The Morgan fingerprint density at radius 3 is 2.96 bits per heavy atom. The molecule has 3 rings (SSSR count). The number of carbonyl (C=O) groups is 1. The van der Waals surface area contributed by atoms with E-state index in [9.17, 15) is 4.79 Å². The molecule has 0 saturated carbocycles. The maximum absolute atomic E-state index is 11.0. The van der Waals surface area contributed by atoms with Gasteiger partial charge in [-0.15, -0.1) is 0 Å². The molecule has 1 aliphatic heterocycles. The molecular formula is C17H19BN2O3. The van der Waals surface area contributed by atoms with Gasteiger partial charge in [0.1, 0.15) is 18.1 Å². The van der Waals surface area contributed by atoms with Crippen molar-refractivity contribution in [2.24, 2.45) is 0 Å². The third-order valence-electron chi connectivity index (χ3n) is 4.30. The van der Waals surface area contributed by atoms with Crippen molar-refractivity contribution < 1.29 is 14.3 Å². The third-order valence-corrected chi connectivity index (χ3v) is 4.30. The van der Waals surface area contributed by atoms with Crippen LogP contribution in [0, 0.1) is 0 Å². The minimum atomic E-state index is -0.0844. The monoisotopic (exact) mass is 310 g/mol. The summed E-state index contributed by atoms with van der Waals surface area (Å²) in [5.74, 6) is 1.35. The Hall–Kier alpha value is -2.34. The highest BCUT2D eigenvalue weighted by Crippen LogP contribution is 2.32. The number of hydrogen-bond acceptors (Lipinski definition) is 5. The molecule has 0 aliphatic carbocycles. The van der Waals surface area contributed by atoms with Crippen LogP contribution in [0.5, 0.6) is 11.6 Å². The van der Waals surface area contributed by atoms with Crippen molar-refractivity contribution >= 4 is 31.1 Å². The van der Waals surface area contributed by atoms with Crippen molar-refractivity contribution in [1.29, 1.82) is 0 Å². The minimum Gasteiger partial charge on any atom is -0.496 e. The van der Waals surface area contributed by atoms with Crippen molar-refractivity contribution in [3.8, 4) is 11.6 Å². The molecule has 0 spiro atoms. The van der Waals surface area contributed by atoms with E-state index in [2.05, 4.69) is 11.6 Å². The summed E-state index contributed by atoms with van der Waals surface area (Å²) >= 11 is 0. The zero-order valence-corrected chi connectivity index (χ0v) is 13.4. The Labute approximate surface area is 136 Å². The summed E-state index contributed by atoms with van der Waals surface area (Å²) in [6.45, 7) is 4.54. The normalized spacial score (nSPS) is 21.3. The third kappa shape index (κ3) is 2.94. The van der Waals surface area contributed by atoms with Gasteiger partial charge in [-0.25, -0.2) is 4.98 Å². The van der Waals surface area contributed by atoms with Gasteiger partial charge < -0.3 is 19.1 Å². The molecule has 0 N–H and O–H groups in total. The molecule has 1 aromatic carbocycles. The number of methoxy groups -OCH3 is 1. The number of pyridine rings is 1. The average Bonchev–Trinajstić information content (AvgIpc) is 2.93. The van der Waals surface area contributed by atoms with Crippen molar-refractivity contribution in [3.63, 3.8) is 0 Å². The summed E-state index contributed by atoms with van der Waals surface area (Å²) in [6.07, 6.45) is 5.09. The van der Waals surface area contributed by atoms with E-state index in [4.69, 9.17) is 9.47 Å². The first kappa shape index (κ1) is 15.6. The first-order chi connectivity index (χ1) is 11.2.